The molecule has 1 amide bonds. The van der Waals surface area contributed by atoms with Crippen LogP contribution in [0.2, 0.25) is 0 Å². The monoisotopic (exact) mass is 275 g/mol. The van der Waals surface area contributed by atoms with Gasteiger partial charge in [0.1, 0.15) is 11.8 Å². The fraction of sp³-hybridized carbons (Fsp3) is 0.467. The fourth-order valence-corrected chi connectivity index (χ4v) is 1.73. The second kappa shape index (κ2) is 7.51. The van der Waals surface area contributed by atoms with Gasteiger partial charge in [0.05, 0.1) is 18.7 Å². The summed E-state index contributed by atoms with van der Waals surface area (Å²) < 4.78 is 5.09. The zero-order chi connectivity index (χ0) is 15.1. The summed E-state index contributed by atoms with van der Waals surface area (Å²) in [4.78, 5) is 11.8. The van der Waals surface area contributed by atoms with E-state index in [0.29, 0.717) is 17.9 Å². The number of benzene rings is 1. The Morgan fingerprint density at radius 2 is 2.10 bits per heavy atom. The third-order valence-electron chi connectivity index (χ3n) is 2.82. The van der Waals surface area contributed by atoms with Crippen LogP contribution in [0.1, 0.15) is 31.9 Å². The molecule has 5 heteroatoms. The van der Waals surface area contributed by atoms with Gasteiger partial charge in [0.2, 0.25) is 5.91 Å². The number of hydrogen-bond acceptors (Lipinski definition) is 4. The number of nitriles is 1. The molecule has 0 aliphatic heterocycles. The molecule has 108 valence electrons. The molecule has 0 aliphatic carbocycles. The second-order valence-electron chi connectivity index (χ2n) is 4.91. The van der Waals surface area contributed by atoms with Crippen LogP contribution in [0.25, 0.3) is 0 Å². The Kier molecular flexibility index (Phi) is 6.01. The van der Waals surface area contributed by atoms with Crippen molar-refractivity contribution in [2.45, 2.75) is 39.4 Å². The van der Waals surface area contributed by atoms with Crippen LogP contribution in [0.5, 0.6) is 5.75 Å². The molecule has 0 bridgehead atoms. The molecule has 0 saturated heterocycles. The molecule has 0 fully saturated rings. The van der Waals surface area contributed by atoms with Gasteiger partial charge in [0, 0.05) is 12.6 Å². The Bertz CT molecular complexity index is 506. The largest absolute Gasteiger partial charge is 0.495 e. The molecular weight excluding hydrogens is 254 g/mol. The lowest BCUT2D eigenvalue weighted by Crippen LogP contribution is -2.44. The van der Waals surface area contributed by atoms with Crippen molar-refractivity contribution in [1.82, 2.24) is 10.6 Å². The molecule has 0 aromatic heterocycles. The van der Waals surface area contributed by atoms with Gasteiger partial charge in [-0.1, -0.05) is 6.07 Å². The van der Waals surface area contributed by atoms with Crippen LogP contribution in [-0.2, 0) is 11.3 Å². The van der Waals surface area contributed by atoms with Crippen molar-refractivity contribution < 1.29 is 9.53 Å². The molecule has 1 aromatic rings. The Hall–Kier alpha value is -2.06. The van der Waals surface area contributed by atoms with Crippen molar-refractivity contribution in [1.29, 1.82) is 5.26 Å². The first kappa shape index (κ1) is 16.0. The number of carbonyl (C=O) groups is 1. The summed E-state index contributed by atoms with van der Waals surface area (Å²) in [6.45, 7) is 6.18. The van der Waals surface area contributed by atoms with E-state index < -0.39 is 0 Å². The van der Waals surface area contributed by atoms with E-state index in [-0.39, 0.29) is 18.0 Å². The highest BCUT2D eigenvalue weighted by molar-refractivity contribution is 5.81. The maximum Gasteiger partial charge on any atom is 0.237 e. The second-order valence-corrected chi connectivity index (χ2v) is 4.91. The topological polar surface area (TPSA) is 74.2 Å². The van der Waals surface area contributed by atoms with E-state index >= 15 is 0 Å². The van der Waals surface area contributed by atoms with Crippen LogP contribution < -0.4 is 15.4 Å². The predicted molar refractivity (Wildman–Crippen MR) is 77.3 cm³/mol. The summed E-state index contributed by atoms with van der Waals surface area (Å²) in [5, 5.41) is 15.0. The Morgan fingerprint density at radius 3 is 2.65 bits per heavy atom. The molecule has 0 radical (unpaired) electrons. The third kappa shape index (κ3) is 4.56. The lowest BCUT2D eigenvalue weighted by Gasteiger charge is -2.16. The molecule has 1 rings (SSSR count). The van der Waals surface area contributed by atoms with Gasteiger partial charge in [-0.2, -0.15) is 5.26 Å². The molecule has 2 N–H and O–H groups in total. The van der Waals surface area contributed by atoms with Gasteiger partial charge in [0.25, 0.3) is 0 Å². The van der Waals surface area contributed by atoms with E-state index in [1.807, 2.05) is 26.8 Å². The summed E-state index contributed by atoms with van der Waals surface area (Å²) in [6, 6.07) is 7.32. The molecular formula is C15H21N3O2. The normalized spacial score (nSPS) is 11.8. The molecule has 5 nitrogen and oxygen atoms in total. The van der Waals surface area contributed by atoms with E-state index in [2.05, 4.69) is 16.7 Å². The zero-order valence-electron chi connectivity index (χ0n) is 12.4. The van der Waals surface area contributed by atoms with E-state index in [0.717, 1.165) is 5.56 Å². The van der Waals surface area contributed by atoms with Gasteiger partial charge in [-0.15, -0.1) is 0 Å². The highest BCUT2D eigenvalue weighted by atomic mass is 16.5. The van der Waals surface area contributed by atoms with Crippen molar-refractivity contribution in [3.8, 4) is 11.8 Å². The Morgan fingerprint density at radius 1 is 1.40 bits per heavy atom. The first-order valence-electron chi connectivity index (χ1n) is 6.58. The number of hydrogen-bond donors (Lipinski definition) is 2. The van der Waals surface area contributed by atoms with Gasteiger partial charge < -0.3 is 15.4 Å². The van der Waals surface area contributed by atoms with Crippen molar-refractivity contribution >= 4 is 5.91 Å². The van der Waals surface area contributed by atoms with E-state index in [4.69, 9.17) is 10.00 Å². The minimum atomic E-state index is -0.287. The molecule has 1 unspecified atom stereocenters. The maximum absolute atomic E-state index is 11.8. The minimum absolute atomic E-state index is 0.0333. The minimum Gasteiger partial charge on any atom is -0.495 e. The molecule has 20 heavy (non-hydrogen) atoms. The molecule has 0 aliphatic rings. The Balaban J connectivity index is 2.62. The third-order valence-corrected chi connectivity index (χ3v) is 2.82. The Labute approximate surface area is 119 Å². The number of methoxy groups -OCH3 is 1. The number of carbonyl (C=O) groups excluding carboxylic acids is 1. The van der Waals surface area contributed by atoms with E-state index in [1.54, 1.807) is 12.1 Å². The summed E-state index contributed by atoms with van der Waals surface area (Å²) in [5.74, 6) is 0.524. The van der Waals surface area contributed by atoms with Crippen molar-refractivity contribution in [3.63, 3.8) is 0 Å². The van der Waals surface area contributed by atoms with Crippen molar-refractivity contribution in [2.75, 3.05) is 7.11 Å². The van der Waals surface area contributed by atoms with Crippen molar-refractivity contribution in [3.05, 3.63) is 29.3 Å². The molecule has 1 atom stereocenters. The average molecular weight is 275 g/mol. The van der Waals surface area contributed by atoms with Crippen LogP contribution in [0, 0.1) is 11.3 Å². The maximum atomic E-state index is 11.8. The van der Waals surface area contributed by atoms with E-state index in [1.165, 1.54) is 7.11 Å². The predicted octanol–water partition coefficient (Wildman–Crippen LogP) is 1.57. The molecule has 1 aromatic carbocycles. The summed E-state index contributed by atoms with van der Waals surface area (Å²) >= 11 is 0. The summed E-state index contributed by atoms with van der Waals surface area (Å²) in [5.41, 5.74) is 1.43. The number of nitrogens with zero attached hydrogens (tertiary/aromatic N) is 1. The fourth-order valence-electron chi connectivity index (χ4n) is 1.73. The quantitative estimate of drug-likeness (QED) is 0.826. The van der Waals surface area contributed by atoms with Crippen LogP contribution in [0.15, 0.2) is 18.2 Å². The van der Waals surface area contributed by atoms with Gasteiger partial charge >= 0.3 is 0 Å². The highest BCUT2D eigenvalue weighted by Crippen LogP contribution is 2.18. The van der Waals surface area contributed by atoms with Crippen LogP contribution >= 0.6 is 0 Å². The number of amides is 1. The zero-order valence-corrected chi connectivity index (χ0v) is 12.4. The van der Waals surface area contributed by atoms with Crippen LogP contribution in [0.4, 0.5) is 0 Å². The summed E-state index contributed by atoms with van der Waals surface area (Å²) in [7, 11) is 1.53. The highest BCUT2D eigenvalue weighted by Gasteiger charge is 2.13. The molecule has 0 heterocycles. The average Bonchev–Trinajstić information content (AvgIpc) is 2.43. The first-order valence-corrected chi connectivity index (χ1v) is 6.58. The first-order chi connectivity index (χ1) is 9.47. The lowest BCUT2D eigenvalue weighted by atomic mass is 10.1. The lowest BCUT2D eigenvalue weighted by molar-refractivity contribution is -0.123. The van der Waals surface area contributed by atoms with Crippen molar-refractivity contribution in [2.24, 2.45) is 0 Å². The standard InChI is InChI=1S/C15H21N3O2/c1-10(2)18-15(19)11(3)17-9-12-5-6-14(20-4)13(7-12)8-16/h5-7,10-11,17H,9H2,1-4H3,(H,18,19). The molecule has 0 saturated carbocycles. The number of rotatable bonds is 6. The van der Waals surface area contributed by atoms with Gasteiger partial charge in [-0.25, -0.2) is 0 Å². The molecule has 0 spiro atoms. The SMILES string of the molecule is COc1ccc(CNC(C)C(=O)NC(C)C)cc1C#N. The summed E-state index contributed by atoms with van der Waals surface area (Å²) in [6.07, 6.45) is 0. The smallest absolute Gasteiger partial charge is 0.237 e. The van der Waals surface area contributed by atoms with Crippen LogP contribution in [0.3, 0.4) is 0 Å². The number of nitrogens with one attached hydrogen (secondary N) is 2. The van der Waals surface area contributed by atoms with E-state index in [9.17, 15) is 4.79 Å². The van der Waals surface area contributed by atoms with Gasteiger partial charge in [-0.05, 0) is 38.5 Å². The number of ether oxygens (including phenoxy) is 1. The van der Waals surface area contributed by atoms with Crippen LogP contribution in [-0.4, -0.2) is 25.1 Å². The van der Waals surface area contributed by atoms with Gasteiger partial charge in [-0.3, -0.25) is 4.79 Å². The van der Waals surface area contributed by atoms with Gasteiger partial charge in [0.15, 0.2) is 0 Å².